The Balaban J connectivity index is 1.98. The Hall–Kier alpha value is -3.20. The summed E-state index contributed by atoms with van der Waals surface area (Å²) in [6.45, 7) is 0.299. The van der Waals surface area contributed by atoms with E-state index in [-0.39, 0.29) is 18.2 Å². The van der Waals surface area contributed by atoms with Crippen LogP contribution in [0.2, 0.25) is 0 Å². The van der Waals surface area contributed by atoms with Gasteiger partial charge in [0.2, 0.25) is 5.91 Å². The zero-order chi connectivity index (χ0) is 15.8. The monoisotopic (exact) mass is 294 g/mol. The molecule has 110 valence electrons. The zero-order valence-corrected chi connectivity index (χ0v) is 11.7. The van der Waals surface area contributed by atoms with Gasteiger partial charge in [-0.1, -0.05) is 18.2 Å². The fraction of sp³-hybridized carbons (Fsp3) is 0.125. The topological polar surface area (TPSA) is 94.9 Å². The molecule has 0 saturated heterocycles. The van der Waals surface area contributed by atoms with E-state index < -0.39 is 0 Å². The van der Waals surface area contributed by atoms with Gasteiger partial charge in [-0.25, -0.2) is 0 Å². The Morgan fingerprint density at radius 2 is 2.05 bits per heavy atom. The summed E-state index contributed by atoms with van der Waals surface area (Å²) in [5.74, 6) is -0.628. The minimum atomic E-state index is -0.328. The summed E-state index contributed by atoms with van der Waals surface area (Å²) in [7, 11) is 0. The first kappa shape index (κ1) is 15.2. The first-order chi connectivity index (χ1) is 10.7. The highest BCUT2D eigenvalue weighted by Gasteiger charge is 2.07. The number of nitrogens with zero attached hydrogens (tertiary/aromatic N) is 2. The molecule has 0 atom stereocenters. The highest BCUT2D eigenvalue weighted by molar-refractivity contribution is 6.02. The van der Waals surface area contributed by atoms with Crippen LogP contribution in [0, 0.1) is 11.3 Å². The number of aromatic nitrogens is 1. The van der Waals surface area contributed by atoms with E-state index >= 15 is 0 Å². The number of benzene rings is 1. The van der Waals surface area contributed by atoms with Gasteiger partial charge in [-0.3, -0.25) is 14.6 Å². The second-order valence-corrected chi connectivity index (χ2v) is 4.48. The van der Waals surface area contributed by atoms with E-state index in [2.05, 4.69) is 15.6 Å². The summed E-state index contributed by atoms with van der Waals surface area (Å²) in [5, 5.41) is 13.8. The maximum Gasteiger partial charge on any atom is 0.274 e. The van der Waals surface area contributed by atoms with Crippen molar-refractivity contribution in [2.45, 2.75) is 13.0 Å². The van der Waals surface area contributed by atoms with Gasteiger partial charge < -0.3 is 10.6 Å². The van der Waals surface area contributed by atoms with Crippen molar-refractivity contribution in [1.82, 2.24) is 10.3 Å². The lowest BCUT2D eigenvalue weighted by atomic mass is 10.2. The lowest BCUT2D eigenvalue weighted by Crippen LogP contribution is -2.22. The molecule has 0 bridgehead atoms. The minimum Gasteiger partial charge on any atom is -0.351 e. The molecule has 22 heavy (non-hydrogen) atoms. The number of carbonyl (C=O) groups excluding carboxylic acids is 2. The Bertz CT molecular complexity index is 708. The summed E-state index contributed by atoms with van der Waals surface area (Å²) in [5.41, 5.74) is 1.77. The van der Waals surface area contributed by atoms with E-state index in [1.165, 1.54) is 0 Å². The van der Waals surface area contributed by atoms with Crippen LogP contribution in [0.15, 0.2) is 48.7 Å². The minimum absolute atomic E-state index is 0.171. The first-order valence-corrected chi connectivity index (χ1v) is 6.64. The van der Waals surface area contributed by atoms with Crippen LogP contribution in [0.25, 0.3) is 0 Å². The van der Waals surface area contributed by atoms with E-state index in [1.807, 2.05) is 6.07 Å². The lowest BCUT2D eigenvalue weighted by molar-refractivity contribution is -0.120. The number of carbonyl (C=O) groups is 2. The number of rotatable bonds is 5. The highest BCUT2D eigenvalue weighted by Crippen LogP contribution is 2.11. The standard InChI is InChI=1S/C16H14N4O2/c17-8-7-15(21)19-11-12-4-3-5-13(10-12)20-16(22)14-6-1-2-9-18-14/h1-6,9-10H,7,11H2,(H,19,21)(H,20,22). The van der Waals surface area contributed by atoms with Crippen molar-refractivity contribution in [3.63, 3.8) is 0 Å². The van der Waals surface area contributed by atoms with Gasteiger partial charge in [0.05, 0.1) is 6.07 Å². The molecule has 1 heterocycles. The van der Waals surface area contributed by atoms with Crippen molar-refractivity contribution in [3.05, 3.63) is 59.9 Å². The molecule has 0 saturated carbocycles. The van der Waals surface area contributed by atoms with Crippen molar-refractivity contribution >= 4 is 17.5 Å². The predicted molar refractivity (Wildman–Crippen MR) is 80.7 cm³/mol. The number of anilines is 1. The number of amides is 2. The molecule has 6 nitrogen and oxygen atoms in total. The third-order valence-electron chi connectivity index (χ3n) is 2.81. The second-order valence-electron chi connectivity index (χ2n) is 4.48. The van der Waals surface area contributed by atoms with Gasteiger partial charge in [-0.05, 0) is 29.8 Å². The number of pyridine rings is 1. The van der Waals surface area contributed by atoms with Crippen LogP contribution < -0.4 is 10.6 Å². The summed E-state index contributed by atoms with van der Waals surface area (Å²) < 4.78 is 0. The van der Waals surface area contributed by atoms with Gasteiger partial charge >= 0.3 is 0 Å². The zero-order valence-electron chi connectivity index (χ0n) is 11.7. The molecule has 0 fully saturated rings. The summed E-state index contributed by atoms with van der Waals surface area (Å²) in [6, 6.07) is 14.0. The number of nitrogens with one attached hydrogen (secondary N) is 2. The third kappa shape index (κ3) is 4.42. The molecule has 2 aromatic rings. The molecule has 0 aliphatic heterocycles. The van der Waals surface area contributed by atoms with Crippen molar-refractivity contribution < 1.29 is 9.59 Å². The largest absolute Gasteiger partial charge is 0.351 e. The smallest absolute Gasteiger partial charge is 0.274 e. The molecule has 1 aromatic carbocycles. The Morgan fingerprint density at radius 1 is 1.18 bits per heavy atom. The average Bonchev–Trinajstić information content (AvgIpc) is 2.54. The first-order valence-electron chi connectivity index (χ1n) is 6.64. The third-order valence-corrected chi connectivity index (χ3v) is 2.81. The van der Waals surface area contributed by atoms with Crippen LogP contribution >= 0.6 is 0 Å². The van der Waals surface area contributed by atoms with Gasteiger partial charge in [0.1, 0.15) is 12.1 Å². The van der Waals surface area contributed by atoms with E-state index in [0.29, 0.717) is 17.9 Å². The van der Waals surface area contributed by atoms with Crippen LogP contribution in [0.1, 0.15) is 22.5 Å². The van der Waals surface area contributed by atoms with E-state index in [9.17, 15) is 9.59 Å². The number of hydrogen-bond donors (Lipinski definition) is 2. The lowest BCUT2D eigenvalue weighted by Gasteiger charge is -2.08. The molecule has 0 aliphatic carbocycles. The fourth-order valence-electron chi connectivity index (χ4n) is 1.79. The fourth-order valence-corrected chi connectivity index (χ4v) is 1.79. The molecule has 0 spiro atoms. The van der Waals surface area contributed by atoms with E-state index in [1.54, 1.807) is 48.7 Å². The van der Waals surface area contributed by atoms with Gasteiger partial charge in [-0.2, -0.15) is 5.26 Å². The molecule has 2 N–H and O–H groups in total. The molecule has 2 rings (SSSR count). The van der Waals surface area contributed by atoms with Crippen LogP contribution in [0.4, 0.5) is 5.69 Å². The Morgan fingerprint density at radius 3 is 2.77 bits per heavy atom. The van der Waals surface area contributed by atoms with E-state index in [0.717, 1.165) is 5.56 Å². The molecule has 2 amide bonds. The Kier molecular flexibility index (Phi) is 5.21. The van der Waals surface area contributed by atoms with Crippen molar-refractivity contribution in [3.8, 4) is 6.07 Å². The average molecular weight is 294 g/mol. The highest BCUT2D eigenvalue weighted by atomic mass is 16.2. The molecular weight excluding hydrogens is 280 g/mol. The molecule has 6 heteroatoms. The van der Waals surface area contributed by atoms with Gasteiger partial charge in [-0.15, -0.1) is 0 Å². The second kappa shape index (κ2) is 7.55. The van der Waals surface area contributed by atoms with Crippen LogP contribution in [0.5, 0.6) is 0 Å². The molecule has 1 aromatic heterocycles. The maximum absolute atomic E-state index is 12.0. The molecule has 0 aliphatic rings. The normalized spacial score (nSPS) is 9.59. The van der Waals surface area contributed by atoms with E-state index in [4.69, 9.17) is 5.26 Å². The van der Waals surface area contributed by atoms with Gasteiger partial charge in [0.25, 0.3) is 5.91 Å². The van der Waals surface area contributed by atoms with Gasteiger partial charge in [0, 0.05) is 18.4 Å². The summed E-state index contributed by atoms with van der Waals surface area (Å²) in [6.07, 6.45) is 1.38. The SMILES string of the molecule is N#CCC(=O)NCc1cccc(NC(=O)c2ccccn2)c1. The Labute approximate surface area is 127 Å². The predicted octanol–water partition coefficient (Wildman–Crippen LogP) is 1.86. The summed E-state index contributed by atoms with van der Waals surface area (Å²) in [4.78, 5) is 27.2. The van der Waals surface area contributed by atoms with Crippen molar-refractivity contribution in [2.75, 3.05) is 5.32 Å². The van der Waals surface area contributed by atoms with Crippen LogP contribution in [-0.2, 0) is 11.3 Å². The van der Waals surface area contributed by atoms with Crippen LogP contribution in [-0.4, -0.2) is 16.8 Å². The maximum atomic E-state index is 12.0. The van der Waals surface area contributed by atoms with Crippen molar-refractivity contribution in [1.29, 1.82) is 5.26 Å². The van der Waals surface area contributed by atoms with Gasteiger partial charge in [0.15, 0.2) is 0 Å². The number of nitriles is 1. The van der Waals surface area contributed by atoms with Crippen molar-refractivity contribution in [2.24, 2.45) is 0 Å². The van der Waals surface area contributed by atoms with Crippen LogP contribution in [0.3, 0.4) is 0 Å². The molecule has 0 unspecified atom stereocenters. The summed E-state index contributed by atoms with van der Waals surface area (Å²) >= 11 is 0. The number of hydrogen-bond acceptors (Lipinski definition) is 4. The quantitative estimate of drug-likeness (QED) is 0.880. The molecular formula is C16H14N4O2. The molecule has 0 radical (unpaired) electrons.